The maximum Gasteiger partial charge on any atom is 0.233 e. The molecule has 0 saturated heterocycles. The molecule has 0 fully saturated rings. The lowest BCUT2D eigenvalue weighted by molar-refractivity contribution is -0.116. The third-order valence-electron chi connectivity index (χ3n) is 6.46. The number of anilines is 1. The molecule has 0 radical (unpaired) electrons. The van der Waals surface area contributed by atoms with E-state index in [4.69, 9.17) is 14.0 Å². The van der Waals surface area contributed by atoms with Gasteiger partial charge in [-0.25, -0.2) is 0 Å². The molecule has 1 aromatic heterocycles. The molecule has 5 rings (SSSR count). The van der Waals surface area contributed by atoms with E-state index < -0.39 is 0 Å². The topological polar surface area (TPSA) is 93.8 Å². The highest BCUT2D eigenvalue weighted by Crippen LogP contribution is 2.50. The summed E-state index contributed by atoms with van der Waals surface area (Å²) in [4.78, 5) is 13.6. The molecule has 2 unspecified atom stereocenters. The zero-order chi connectivity index (χ0) is 23.1. The van der Waals surface area contributed by atoms with Crippen molar-refractivity contribution in [1.29, 1.82) is 0 Å². The second kappa shape index (κ2) is 8.31. The number of hydrogen-bond donors (Lipinski definition) is 2. The fourth-order valence-corrected chi connectivity index (χ4v) is 4.90. The van der Waals surface area contributed by atoms with Gasteiger partial charge in [-0.1, -0.05) is 23.4 Å². The van der Waals surface area contributed by atoms with Crippen LogP contribution in [0.5, 0.6) is 17.2 Å². The highest BCUT2D eigenvalue weighted by molar-refractivity contribution is 6.01. The smallest absolute Gasteiger partial charge is 0.233 e. The molecule has 0 saturated carbocycles. The van der Waals surface area contributed by atoms with Crippen molar-refractivity contribution in [3.63, 3.8) is 0 Å². The van der Waals surface area contributed by atoms with Crippen LogP contribution < -0.4 is 14.8 Å². The first kappa shape index (κ1) is 21.1. The Hall–Kier alpha value is -3.74. The van der Waals surface area contributed by atoms with Crippen molar-refractivity contribution < 1.29 is 23.9 Å². The summed E-state index contributed by atoms with van der Waals surface area (Å²) in [6.45, 7) is 4.17. The van der Waals surface area contributed by atoms with Gasteiger partial charge in [0.25, 0.3) is 0 Å². The molecule has 0 spiro atoms. The van der Waals surface area contributed by atoms with Crippen LogP contribution in [-0.4, -0.2) is 29.8 Å². The van der Waals surface area contributed by atoms with Gasteiger partial charge in [0.1, 0.15) is 5.75 Å². The van der Waals surface area contributed by atoms with Crippen LogP contribution in [0.1, 0.15) is 54.0 Å². The minimum absolute atomic E-state index is 0.0553. The third kappa shape index (κ3) is 3.63. The van der Waals surface area contributed by atoms with Crippen molar-refractivity contribution in [1.82, 2.24) is 5.16 Å². The van der Waals surface area contributed by atoms with Crippen LogP contribution in [0, 0.1) is 6.92 Å². The molecule has 2 heterocycles. The molecule has 1 aliphatic heterocycles. The van der Waals surface area contributed by atoms with Gasteiger partial charge in [0.05, 0.1) is 25.0 Å². The molecule has 2 N–H and O–H groups in total. The SMILES string of the molecule is CCOc1cc(C2C3=C(CC(c4ccc(OC)cc4)CC3=O)Nc3onc(C)c32)ccc1O. The fraction of sp³-hybridized carbons (Fsp3) is 0.308. The summed E-state index contributed by atoms with van der Waals surface area (Å²) >= 11 is 0. The number of nitrogens with one attached hydrogen (secondary N) is 1. The van der Waals surface area contributed by atoms with Crippen molar-refractivity contribution in [2.45, 2.75) is 38.5 Å². The zero-order valence-electron chi connectivity index (χ0n) is 18.8. The standard InChI is InChI=1S/C26H26N2O5/c1-4-32-22-13-16(7-10-20(22)29)24-23-14(2)28-33-26(23)27-19-11-17(12-21(30)25(19)24)15-5-8-18(31-3)9-6-15/h5-10,13,17,24,27,29H,4,11-12H2,1-3H3. The monoisotopic (exact) mass is 446 g/mol. The van der Waals surface area contributed by atoms with Crippen LogP contribution >= 0.6 is 0 Å². The average molecular weight is 447 g/mol. The van der Waals surface area contributed by atoms with Crippen molar-refractivity contribution in [3.8, 4) is 17.2 Å². The first-order valence-electron chi connectivity index (χ1n) is 11.1. The number of fused-ring (bicyclic) bond motifs is 1. The van der Waals surface area contributed by atoms with Gasteiger partial charge in [0.15, 0.2) is 17.3 Å². The largest absolute Gasteiger partial charge is 0.504 e. The summed E-state index contributed by atoms with van der Waals surface area (Å²) in [5.41, 5.74) is 5.10. The minimum atomic E-state index is -0.341. The maximum absolute atomic E-state index is 13.6. The Morgan fingerprint density at radius 3 is 2.64 bits per heavy atom. The molecule has 33 heavy (non-hydrogen) atoms. The summed E-state index contributed by atoms with van der Waals surface area (Å²) < 4.78 is 16.5. The third-order valence-corrected chi connectivity index (χ3v) is 6.46. The summed E-state index contributed by atoms with van der Waals surface area (Å²) in [6, 6.07) is 13.1. The van der Waals surface area contributed by atoms with Crippen molar-refractivity contribution in [2.75, 3.05) is 19.0 Å². The lowest BCUT2D eigenvalue weighted by Crippen LogP contribution is -2.29. The predicted molar refractivity (Wildman–Crippen MR) is 123 cm³/mol. The van der Waals surface area contributed by atoms with E-state index in [-0.39, 0.29) is 23.4 Å². The molecule has 0 amide bonds. The van der Waals surface area contributed by atoms with E-state index in [1.165, 1.54) is 0 Å². The number of carbonyl (C=O) groups excluding carboxylic acids is 1. The second-order valence-electron chi connectivity index (χ2n) is 8.42. The van der Waals surface area contributed by atoms with E-state index >= 15 is 0 Å². The van der Waals surface area contributed by atoms with Gasteiger partial charge >= 0.3 is 0 Å². The first-order valence-corrected chi connectivity index (χ1v) is 11.1. The molecular formula is C26H26N2O5. The molecule has 1 aliphatic carbocycles. The van der Waals surface area contributed by atoms with Gasteiger partial charge in [0.2, 0.25) is 5.88 Å². The number of ketones is 1. The fourth-order valence-electron chi connectivity index (χ4n) is 4.90. The number of rotatable bonds is 5. The number of Topliss-reactive ketones (excluding diaryl/α,β-unsaturated/α-hetero) is 1. The van der Waals surface area contributed by atoms with Crippen LogP contribution in [0.25, 0.3) is 0 Å². The van der Waals surface area contributed by atoms with Crippen LogP contribution in [-0.2, 0) is 4.79 Å². The lowest BCUT2D eigenvalue weighted by Gasteiger charge is -2.34. The van der Waals surface area contributed by atoms with Gasteiger partial charge in [-0.3, -0.25) is 4.79 Å². The van der Waals surface area contributed by atoms with Crippen molar-refractivity contribution >= 4 is 11.7 Å². The van der Waals surface area contributed by atoms with E-state index in [2.05, 4.69) is 10.5 Å². The van der Waals surface area contributed by atoms with Gasteiger partial charge in [-0.2, -0.15) is 0 Å². The van der Waals surface area contributed by atoms with Crippen LogP contribution in [0.2, 0.25) is 0 Å². The Bertz CT molecular complexity index is 1240. The van der Waals surface area contributed by atoms with E-state index in [9.17, 15) is 9.90 Å². The Morgan fingerprint density at radius 1 is 1.15 bits per heavy atom. The lowest BCUT2D eigenvalue weighted by atomic mass is 9.72. The molecule has 3 aromatic rings. The number of aromatic nitrogens is 1. The molecule has 2 atom stereocenters. The molecule has 7 heteroatoms. The summed E-state index contributed by atoms with van der Waals surface area (Å²) in [6.07, 6.45) is 1.10. The quantitative estimate of drug-likeness (QED) is 0.566. The van der Waals surface area contributed by atoms with E-state index in [0.29, 0.717) is 31.1 Å². The molecule has 7 nitrogen and oxygen atoms in total. The van der Waals surface area contributed by atoms with E-state index in [0.717, 1.165) is 39.4 Å². The molecule has 2 aromatic carbocycles. The Labute approximate surface area is 192 Å². The zero-order valence-corrected chi connectivity index (χ0v) is 18.8. The molecule has 2 aliphatic rings. The number of methoxy groups -OCH3 is 1. The molecule has 0 bridgehead atoms. The van der Waals surface area contributed by atoms with Gasteiger partial charge < -0.3 is 24.4 Å². The average Bonchev–Trinajstić information content (AvgIpc) is 3.19. The molecule has 170 valence electrons. The number of carbonyl (C=O) groups is 1. The minimum Gasteiger partial charge on any atom is -0.504 e. The maximum atomic E-state index is 13.6. The highest BCUT2D eigenvalue weighted by Gasteiger charge is 2.41. The normalized spacial score (nSPS) is 19.5. The number of aryl methyl sites for hydroxylation is 1. The Kier molecular flexibility index (Phi) is 5.32. The van der Waals surface area contributed by atoms with Gasteiger partial charge in [-0.05, 0) is 61.6 Å². The number of allylic oxidation sites excluding steroid dienone is 2. The predicted octanol–water partition coefficient (Wildman–Crippen LogP) is 5.05. The summed E-state index contributed by atoms with van der Waals surface area (Å²) in [5.74, 6) is 1.62. The van der Waals surface area contributed by atoms with Gasteiger partial charge in [-0.15, -0.1) is 0 Å². The van der Waals surface area contributed by atoms with E-state index in [1.54, 1.807) is 19.2 Å². The van der Waals surface area contributed by atoms with E-state index in [1.807, 2.05) is 44.2 Å². The van der Waals surface area contributed by atoms with Crippen LogP contribution in [0.3, 0.4) is 0 Å². The first-order chi connectivity index (χ1) is 16.0. The number of phenolic OH excluding ortho intramolecular Hbond substituents is 1. The summed E-state index contributed by atoms with van der Waals surface area (Å²) in [7, 11) is 1.64. The second-order valence-corrected chi connectivity index (χ2v) is 8.42. The highest BCUT2D eigenvalue weighted by atomic mass is 16.5. The van der Waals surface area contributed by atoms with Crippen molar-refractivity contribution in [2.24, 2.45) is 0 Å². The number of ether oxygens (including phenoxy) is 2. The van der Waals surface area contributed by atoms with Crippen molar-refractivity contribution in [3.05, 3.63) is 76.1 Å². The number of phenols is 1. The number of hydrogen-bond acceptors (Lipinski definition) is 7. The molecular weight excluding hydrogens is 420 g/mol. The van der Waals surface area contributed by atoms with Gasteiger partial charge in [0, 0.05) is 23.6 Å². The summed E-state index contributed by atoms with van der Waals surface area (Å²) in [5, 5.41) is 17.7. The van der Waals surface area contributed by atoms with Crippen LogP contribution in [0.4, 0.5) is 5.88 Å². The Morgan fingerprint density at radius 2 is 1.91 bits per heavy atom. The number of aromatic hydroxyl groups is 1. The van der Waals surface area contributed by atoms with Crippen LogP contribution in [0.15, 0.2) is 58.3 Å². The number of nitrogens with zero attached hydrogens (tertiary/aromatic N) is 1. The Balaban J connectivity index is 1.58. The number of benzene rings is 2.